The second-order valence-corrected chi connectivity index (χ2v) is 6.37. The van der Waals surface area contributed by atoms with E-state index in [9.17, 15) is 13.2 Å². The number of carbonyl (C=O) groups is 1. The molecule has 7 nitrogen and oxygen atoms in total. The van der Waals surface area contributed by atoms with Crippen LogP contribution in [0.2, 0.25) is 0 Å². The molecule has 0 aromatic carbocycles. The highest BCUT2D eigenvalue weighted by Gasteiger charge is 2.41. The molecule has 0 saturated carbocycles. The van der Waals surface area contributed by atoms with E-state index >= 15 is 0 Å². The molecule has 0 aliphatic carbocycles. The monoisotopic (exact) mass is 287 g/mol. The van der Waals surface area contributed by atoms with E-state index in [1.807, 2.05) is 0 Å². The van der Waals surface area contributed by atoms with Crippen molar-refractivity contribution in [2.24, 2.45) is 7.05 Å². The fraction of sp³-hybridized carbons (Fsp3) is 0.636. The van der Waals surface area contributed by atoms with Crippen molar-refractivity contribution in [3.05, 3.63) is 12.0 Å². The second kappa shape index (κ2) is 4.93. The van der Waals surface area contributed by atoms with Crippen molar-refractivity contribution in [1.82, 2.24) is 13.9 Å². The van der Waals surface area contributed by atoms with Crippen molar-refractivity contribution in [1.29, 1.82) is 0 Å². The third-order valence-electron chi connectivity index (χ3n) is 3.34. The number of ether oxygens (including phenoxy) is 1. The molecule has 0 amide bonds. The van der Waals surface area contributed by atoms with E-state index in [0.29, 0.717) is 25.2 Å². The van der Waals surface area contributed by atoms with Gasteiger partial charge in [-0.05, 0) is 19.8 Å². The largest absolute Gasteiger partial charge is 0.468 e. The average Bonchev–Trinajstić information content (AvgIpc) is 2.97. The molecule has 0 N–H and O–H groups in total. The van der Waals surface area contributed by atoms with Crippen LogP contribution in [0.3, 0.4) is 0 Å². The molecule has 1 fully saturated rings. The van der Waals surface area contributed by atoms with Gasteiger partial charge >= 0.3 is 5.97 Å². The lowest BCUT2D eigenvalue weighted by molar-refractivity contribution is -0.144. The standard InChI is InChI=1S/C11H17N3O4S/c1-8-12-10(7-13(8)2)19(16,17)14-6-4-5-9(14)11(15)18-3/h7,9H,4-6H2,1-3H3. The van der Waals surface area contributed by atoms with Crippen LogP contribution >= 0.6 is 0 Å². The Labute approximate surface area is 112 Å². The number of esters is 1. The molecule has 0 spiro atoms. The molecule has 2 heterocycles. The fourth-order valence-electron chi connectivity index (χ4n) is 2.17. The Hall–Kier alpha value is -1.41. The first kappa shape index (κ1) is 14.0. The fourth-order valence-corrected chi connectivity index (χ4v) is 3.85. The predicted octanol–water partition coefficient (Wildman–Crippen LogP) is 0.0546. The van der Waals surface area contributed by atoms with E-state index in [0.717, 1.165) is 0 Å². The van der Waals surface area contributed by atoms with Crippen molar-refractivity contribution < 1.29 is 17.9 Å². The highest BCUT2D eigenvalue weighted by molar-refractivity contribution is 7.89. The molecule has 0 bridgehead atoms. The number of aromatic nitrogens is 2. The SMILES string of the molecule is COC(=O)C1CCCN1S(=O)(=O)c1cn(C)c(C)n1. The summed E-state index contributed by atoms with van der Waals surface area (Å²) in [7, 11) is -0.758. The molecule has 2 rings (SSSR count). The third kappa shape index (κ3) is 2.37. The van der Waals surface area contributed by atoms with E-state index in [2.05, 4.69) is 9.72 Å². The van der Waals surface area contributed by atoms with Gasteiger partial charge in [-0.15, -0.1) is 0 Å². The number of carbonyl (C=O) groups excluding carboxylic acids is 1. The molecule has 1 saturated heterocycles. The van der Waals surface area contributed by atoms with E-state index in [1.54, 1.807) is 18.5 Å². The van der Waals surface area contributed by atoms with Gasteiger partial charge in [0.2, 0.25) is 0 Å². The Morgan fingerprint density at radius 2 is 2.21 bits per heavy atom. The first-order valence-electron chi connectivity index (χ1n) is 5.97. The minimum Gasteiger partial charge on any atom is -0.468 e. The number of rotatable bonds is 3. The number of imidazole rings is 1. The van der Waals surface area contributed by atoms with Gasteiger partial charge in [0.05, 0.1) is 7.11 Å². The lowest BCUT2D eigenvalue weighted by Gasteiger charge is -2.20. The van der Waals surface area contributed by atoms with Gasteiger partial charge in [-0.25, -0.2) is 13.4 Å². The van der Waals surface area contributed by atoms with Crippen LogP contribution in [0.4, 0.5) is 0 Å². The van der Waals surface area contributed by atoms with Gasteiger partial charge in [0.15, 0.2) is 5.03 Å². The first-order valence-corrected chi connectivity index (χ1v) is 7.41. The second-order valence-electron chi connectivity index (χ2n) is 4.53. The maximum Gasteiger partial charge on any atom is 0.324 e. The van der Waals surface area contributed by atoms with Gasteiger partial charge in [0.25, 0.3) is 10.0 Å². The zero-order chi connectivity index (χ0) is 14.2. The molecule has 106 valence electrons. The van der Waals surface area contributed by atoms with Crippen LogP contribution < -0.4 is 0 Å². The van der Waals surface area contributed by atoms with Crippen LogP contribution in [0, 0.1) is 6.92 Å². The molecule has 1 aromatic rings. The van der Waals surface area contributed by atoms with Gasteiger partial charge < -0.3 is 9.30 Å². The number of hydrogen-bond acceptors (Lipinski definition) is 5. The molecular formula is C11H17N3O4S. The smallest absolute Gasteiger partial charge is 0.324 e. The molecule has 1 aromatic heterocycles. The lowest BCUT2D eigenvalue weighted by atomic mass is 10.2. The Bertz CT molecular complexity index is 574. The van der Waals surface area contributed by atoms with Gasteiger partial charge in [-0.3, -0.25) is 4.79 Å². The molecule has 8 heteroatoms. The summed E-state index contributed by atoms with van der Waals surface area (Å²) >= 11 is 0. The van der Waals surface area contributed by atoms with Crippen molar-refractivity contribution in [2.75, 3.05) is 13.7 Å². The van der Waals surface area contributed by atoms with Crippen LogP contribution in [0.25, 0.3) is 0 Å². The highest BCUT2D eigenvalue weighted by Crippen LogP contribution is 2.26. The molecule has 1 aliphatic rings. The van der Waals surface area contributed by atoms with E-state index < -0.39 is 22.0 Å². The molecule has 1 atom stereocenters. The van der Waals surface area contributed by atoms with Crippen molar-refractivity contribution >= 4 is 16.0 Å². The average molecular weight is 287 g/mol. The van der Waals surface area contributed by atoms with Crippen molar-refractivity contribution in [2.45, 2.75) is 30.8 Å². The summed E-state index contributed by atoms with van der Waals surface area (Å²) in [6, 6.07) is -0.739. The minimum atomic E-state index is -3.74. The van der Waals surface area contributed by atoms with Crippen LogP contribution in [0.5, 0.6) is 0 Å². The zero-order valence-electron chi connectivity index (χ0n) is 11.2. The Kier molecular flexibility index (Phi) is 3.64. The zero-order valence-corrected chi connectivity index (χ0v) is 12.0. The van der Waals surface area contributed by atoms with Crippen molar-refractivity contribution in [3.63, 3.8) is 0 Å². The normalized spacial score (nSPS) is 20.7. The third-order valence-corrected chi connectivity index (χ3v) is 5.12. The van der Waals surface area contributed by atoms with Crippen LogP contribution in [-0.2, 0) is 26.6 Å². The van der Waals surface area contributed by atoms with Gasteiger partial charge in [0, 0.05) is 19.8 Å². The number of aryl methyl sites for hydroxylation is 2. The molecule has 19 heavy (non-hydrogen) atoms. The van der Waals surface area contributed by atoms with E-state index in [4.69, 9.17) is 0 Å². The molecular weight excluding hydrogens is 270 g/mol. The van der Waals surface area contributed by atoms with E-state index in [1.165, 1.54) is 17.6 Å². The minimum absolute atomic E-state index is 0.0247. The Balaban J connectivity index is 2.36. The summed E-state index contributed by atoms with van der Waals surface area (Å²) in [5.41, 5.74) is 0. The number of nitrogens with zero attached hydrogens (tertiary/aromatic N) is 3. The Morgan fingerprint density at radius 1 is 1.53 bits per heavy atom. The Morgan fingerprint density at radius 3 is 2.74 bits per heavy atom. The van der Waals surface area contributed by atoms with E-state index in [-0.39, 0.29) is 5.03 Å². The van der Waals surface area contributed by atoms with Crippen molar-refractivity contribution in [3.8, 4) is 0 Å². The first-order chi connectivity index (χ1) is 8.87. The molecule has 0 radical (unpaired) electrons. The maximum absolute atomic E-state index is 12.5. The predicted molar refractivity (Wildman–Crippen MR) is 66.9 cm³/mol. The summed E-state index contributed by atoms with van der Waals surface area (Å²) in [6.07, 6.45) is 2.58. The van der Waals surface area contributed by atoms with Crippen LogP contribution in [0.15, 0.2) is 11.2 Å². The highest BCUT2D eigenvalue weighted by atomic mass is 32.2. The summed E-state index contributed by atoms with van der Waals surface area (Å²) in [6.45, 7) is 2.04. The maximum atomic E-state index is 12.5. The van der Waals surface area contributed by atoms with Gasteiger partial charge in [-0.1, -0.05) is 0 Å². The lowest BCUT2D eigenvalue weighted by Crippen LogP contribution is -2.41. The molecule has 1 aliphatic heterocycles. The van der Waals surface area contributed by atoms with Crippen LogP contribution in [0.1, 0.15) is 18.7 Å². The number of methoxy groups -OCH3 is 1. The molecule has 1 unspecified atom stereocenters. The number of sulfonamides is 1. The number of hydrogen-bond donors (Lipinski definition) is 0. The van der Waals surface area contributed by atoms with Gasteiger partial charge in [0.1, 0.15) is 11.9 Å². The van der Waals surface area contributed by atoms with Gasteiger partial charge in [-0.2, -0.15) is 4.31 Å². The quantitative estimate of drug-likeness (QED) is 0.734. The summed E-state index contributed by atoms with van der Waals surface area (Å²) in [5, 5.41) is -0.0247. The summed E-state index contributed by atoms with van der Waals surface area (Å²) < 4.78 is 32.4. The van der Waals surface area contributed by atoms with Crippen LogP contribution in [-0.4, -0.2) is 47.9 Å². The summed E-state index contributed by atoms with van der Waals surface area (Å²) in [5.74, 6) is 0.0844. The summed E-state index contributed by atoms with van der Waals surface area (Å²) in [4.78, 5) is 15.6. The topological polar surface area (TPSA) is 81.5 Å².